The molecule has 1 heterocycles. The van der Waals surface area contributed by atoms with Crippen LogP contribution in [-0.2, 0) is 6.54 Å². The van der Waals surface area contributed by atoms with Crippen molar-refractivity contribution < 1.29 is 4.79 Å². The summed E-state index contributed by atoms with van der Waals surface area (Å²) >= 11 is 1.35. The molecule has 0 amide bonds. The lowest BCUT2D eigenvalue weighted by Gasteiger charge is -2.15. The molecular weight excluding hydrogens is 344 g/mol. The fourth-order valence-corrected chi connectivity index (χ4v) is 3.81. The fourth-order valence-electron chi connectivity index (χ4n) is 2.80. The number of rotatable bonds is 7. The maximum absolute atomic E-state index is 12.9. The minimum absolute atomic E-state index is 0.0362. The summed E-state index contributed by atoms with van der Waals surface area (Å²) in [5, 5.41) is 0.910. The number of Topliss-reactive ketones (excluding diaryl/α,β-unsaturated/α-hetero) is 1. The summed E-state index contributed by atoms with van der Waals surface area (Å²) in [5.41, 5.74) is 1.31. The molecule has 0 saturated carbocycles. The van der Waals surface area contributed by atoms with Gasteiger partial charge in [0.2, 0.25) is 0 Å². The first kappa shape index (κ1) is 18.4. The summed E-state index contributed by atoms with van der Waals surface area (Å²) < 4.78 is 1.71. The van der Waals surface area contributed by atoms with Gasteiger partial charge in [-0.15, -0.1) is 0 Å². The quantitative estimate of drug-likeness (QED) is 0.349. The number of ketones is 1. The second-order valence-corrected chi connectivity index (χ2v) is 7.52. The number of carbonyl (C=O) groups is 1. The van der Waals surface area contributed by atoms with E-state index in [-0.39, 0.29) is 16.6 Å². The molecule has 1 aromatic heterocycles. The Labute approximate surface area is 157 Å². The van der Waals surface area contributed by atoms with Crippen LogP contribution in [0.4, 0.5) is 0 Å². The molecule has 5 heteroatoms. The van der Waals surface area contributed by atoms with Gasteiger partial charge >= 0.3 is 0 Å². The van der Waals surface area contributed by atoms with Crippen LogP contribution in [-0.4, -0.2) is 20.6 Å². The summed E-state index contributed by atoms with van der Waals surface area (Å²) in [6.07, 6.45) is 1.89. The smallest absolute Gasteiger partial charge is 0.262 e. The van der Waals surface area contributed by atoms with E-state index in [0.717, 1.165) is 12.8 Å². The molecule has 0 saturated heterocycles. The number of fused-ring (bicyclic) bond motifs is 1. The third-order valence-corrected chi connectivity index (χ3v) is 5.36. The van der Waals surface area contributed by atoms with Gasteiger partial charge < -0.3 is 0 Å². The molecule has 0 spiro atoms. The maximum Gasteiger partial charge on any atom is 0.262 e. The molecule has 0 aliphatic rings. The molecular formula is C21H22N2O2S. The SMILES string of the molecule is CCCCn1c(SC(C)C(=O)c2ccccc2)nc2ccccc2c1=O. The van der Waals surface area contributed by atoms with Crippen molar-refractivity contribution in [1.82, 2.24) is 9.55 Å². The van der Waals surface area contributed by atoms with Crippen molar-refractivity contribution in [2.24, 2.45) is 0 Å². The van der Waals surface area contributed by atoms with Crippen LogP contribution in [0.1, 0.15) is 37.0 Å². The van der Waals surface area contributed by atoms with Crippen molar-refractivity contribution in [2.45, 2.75) is 43.6 Å². The Morgan fingerprint density at radius 1 is 1.12 bits per heavy atom. The summed E-state index contributed by atoms with van der Waals surface area (Å²) in [6.45, 7) is 4.57. The number of hydrogen-bond donors (Lipinski definition) is 0. The zero-order valence-electron chi connectivity index (χ0n) is 15.0. The first-order chi connectivity index (χ1) is 12.6. The van der Waals surface area contributed by atoms with Crippen LogP contribution in [0.5, 0.6) is 0 Å². The lowest BCUT2D eigenvalue weighted by Crippen LogP contribution is -2.25. The highest BCUT2D eigenvalue weighted by Gasteiger charge is 2.20. The second kappa shape index (κ2) is 8.32. The van der Waals surface area contributed by atoms with Crippen LogP contribution < -0.4 is 5.56 Å². The molecule has 0 fully saturated rings. The fraction of sp³-hybridized carbons (Fsp3) is 0.286. The number of hydrogen-bond acceptors (Lipinski definition) is 4. The maximum atomic E-state index is 12.9. The molecule has 0 aliphatic carbocycles. The largest absolute Gasteiger partial charge is 0.293 e. The highest BCUT2D eigenvalue weighted by Crippen LogP contribution is 2.25. The standard InChI is InChI=1S/C21H22N2O2S/c1-3-4-14-23-20(25)17-12-8-9-13-18(17)22-21(23)26-15(2)19(24)16-10-6-5-7-11-16/h5-13,15H,3-4,14H2,1-2H3. The highest BCUT2D eigenvalue weighted by molar-refractivity contribution is 8.00. The highest BCUT2D eigenvalue weighted by atomic mass is 32.2. The lowest BCUT2D eigenvalue weighted by molar-refractivity contribution is 0.0994. The molecule has 0 radical (unpaired) electrons. The zero-order chi connectivity index (χ0) is 18.5. The third-order valence-electron chi connectivity index (χ3n) is 4.27. The van der Waals surface area contributed by atoms with Crippen LogP contribution >= 0.6 is 11.8 Å². The number of nitrogens with zero attached hydrogens (tertiary/aromatic N) is 2. The average Bonchev–Trinajstić information content (AvgIpc) is 2.68. The zero-order valence-corrected chi connectivity index (χ0v) is 15.8. The van der Waals surface area contributed by atoms with E-state index in [1.807, 2.05) is 55.5 Å². The summed E-state index contributed by atoms with van der Waals surface area (Å²) in [4.78, 5) is 30.3. The van der Waals surface area contributed by atoms with Crippen molar-refractivity contribution in [1.29, 1.82) is 0 Å². The molecule has 4 nitrogen and oxygen atoms in total. The summed E-state index contributed by atoms with van der Waals surface area (Å²) in [7, 11) is 0. The van der Waals surface area contributed by atoms with Crippen molar-refractivity contribution >= 4 is 28.4 Å². The van der Waals surface area contributed by atoms with Crippen LogP contribution in [0.15, 0.2) is 64.5 Å². The van der Waals surface area contributed by atoms with Gasteiger partial charge in [0, 0.05) is 12.1 Å². The molecule has 2 aromatic carbocycles. The van der Waals surface area contributed by atoms with E-state index in [1.165, 1.54) is 11.8 Å². The second-order valence-electron chi connectivity index (χ2n) is 6.21. The van der Waals surface area contributed by atoms with Gasteiger partial charge in [-0.2, -0.15) is 0 Å². The van der Waals surface area contributed by atoms with Gasteiger partial charge in [-0.05, 0) is 25.5 Å². The van der Waals surface area contributed by atoms with E-state index in [0.29, 0.717) is 28.2 Å². The van der Waals surface area contributed by atoms with Gasteiger partial charge in [0.15, 0.2) is 10.9 Å². The molecule has 3 rings (SSSR count). The first-order valence-electron chi connectivity index (χ1n) is 8.87. The summed E-state index contributed by atoms with van der Waals surface area (Å²) in [5.74, 6) is 0.0417. The molecule has 3 aromatic rings. The Kier molecular flexibility index (Phi) is 5.89. The van der Waals surface area contributed by atoms with E-state index in [2.05, 4.69) is 11.9 Å². The van der Waals surface area contributed by atoms with Gasteiger partial charge in [0.1, 0.15) is 0 Å². The van der Waals surface area contributed by atoms with Crippen LogP contribution in [0, 0.1) is 0 Å². The predicted octanol–water partition coefficient (Wildman–Crippen LogP) is 4.56. The van der Waals surface area contributed by atoms with Crippen LogP contribution in [0.3, 0.4) is 0 Å². The first-order valence-corrected chi connectivity index (χ1v) is 9.75. The number of benzene rings is 2. The third kappa shape index (κ3) is 3.88. The Morgan fingerprint density at radius 2 is 1.81 bits per heavy atom. The molecule has 1 atom stereocenters. The van der Waals surface area contributed by atoms with Crippen LogP contribution in [0.2, 0.25) is 0 Å². The molecule has 26 heavy (non-hydrogen) atoms. The lowest BCUT2D eigenvalue weighted by atomic mass is 10.1. The normalized spacial score (nSPS) is 12.2. The van der Waals surface area contributed by atoms with Gasteiger partial charge in [0.25, 0.3) is 5.56 Å². The molecule has 0 bridgehead atoms. The number of carbonyl (C=O) groups excluding carboxylic acids is 1. The van der Waals surface area contributed by atoms with E-state index >= 15 is 0 Å². The Morgan fingerprint density at radius 3 is 2.54 bits per heavy atom. The molecule has 1 unspecified atom stereocenters. The average molecular weight is 366 g/mol. The number of aromatic nitrogens is 2. The van der Waals surface area contributed by atoms with Gasteiger partial charge in [-0.25, -0.2) is 4.98 Å². The number of para-hydroxylation sites is 1. The molecule has 0 N–H and O–H groups in total. The van der Waals surface area contributed by atoms with Crippen LogP contribution in [0.25, 0.3) is 10.9 Å². The molecule has 134 valence electrons. The monoisotopic (exact) mass is 366 g/mol. The van der Waals surface area contributed by atoms with Crippen molar-refractivity contribution in [3.05, 3.63) is 70.5 Å². The molecule has 0 aliphatic heterocycles. The predicted molar refractivity (Wildman–Crippen MR) is 107 cm³/mol. The van der Waals surface area contributed by atoms with Gasteiger partial charge in [-0.1, -0.05) is 67.6 Å². The van der Waals surface area contributed by atoms with Gasteiger partial charge in [-0.3, -0.25) is 14.2 Å². The van der Waals surface area contributed by atoms with E-state index < -0.39 is 0 Å². The number of unbranched alkanes of at least 4 members (excludes halogenated alkanes) is 1. The van der Waals surface area contributed by atoms with E-state index in [1.54, 1.807) is 10.6 Å². The minimum atomic E-state index is -0.321. The van der Waals surface area contributed by atoms with Crippen molar-refractivity contribution in [3.63, 3.8) is 0 Å². The van der Waals surface area contributed by atoms with Gasteiger partial charge in [0.05, 0.1) is 16.2 Å². The van der Waals surface area contributed by atoms with Crippen molar-refractivity contribution in [3.8, 4) is 0 Å². The topological polar surface area (TPSA) is 52.0 Å². The van der Waals surface area contributed by atoms with E-state index in [9.17, 15) is 9.59 Å². The Hall–Kier alpha value is -2.40. The Bertz CT molecular complexity index is 967. The number of thioether (sulfide) groups is 1. The van der Waals surface area contributed by atoms with Crippen molar-refractivity contribution in [2.75, 3.05) is 0 Å². The minimum Gasteiger partial charge on any atom is -0.293 e. The Balaban J connectivity index is 1.97. The summed E-state index contributed by atoms with van der Waals surface area (Å²) in [6, 6.07) is 16.6. The van der Waals surface area contributed by atoms with E-state index in [4.69, 9.17) is 0 Å².